The van der Waals surface area contributed by atoms with Crippen LogP contribution in [0.1, 0.15) is 35.0 Å². The molecule has 0 atom stereocenters. The number of anilines is 1. The van der Waals surface area contributed by atoms with Gasteiger partial charge in [0.05, 0.1) is 17.0 Å². The van der Waals surface area contributed by atoms with Crippen molar-refractivity contribution in [3.63, 3.8) is 0 Å². The molecule has 0 radical (unpaired) electrons. The maximum atomic E-state index is 11.8. The Kier molecular flexibility index (Phi) is 9.32. The summed E-state index contributed by atoms with van der Waals surface area (Å²) in [6.07, 6.45) is 0.912. The molecule has 0 bridgehead atoms. The van der Waals surface area contributed by atoms with Crippen molar-refractivity contribution in [3.05, 3.63) is 88.0 Å². The van der Waals surface area contributed by atoms with E-state index in [0.29, 0.717) is 16.4 Å². The Morgan fingerprint density at radius 2 is 1.84 bits per heavy atom. The molecule has 1 aromatic heterocycles. The van der Waals surface area contributed by atoms with E-state index >= 15 is 0 Å². The van der Waals surface area contributed by atoms with Crippen molar-refractivity contribution in [2.45, 2.75) is 26.7 Å². The van der Waals surface area contributed by atoms with E-state index in [-0.39, 0.29) is 23.6 Å². The molecule has 2 heterocycles. The Hall–Kier alpha value is -3.82. The molecule has 10 heteroatoms. The second kappa shape index (κ2) is 12.4. The number of carbonyl (C=O) groups is 4. The number of benzene rings is 2. The third-order valence-corrected chi connectivity index (χ3v) is 6.37. The summed E-state index contributed by atoms with van der Waals surface area (Å²) < 4.78 is 5.57. The zero-order valence-corrected chi connectivity index (χ0v) is 21.8. The highest BCUT2D eigenvalue weighted by atomic mass is 35.5. The molecule has 2 N–H and O–H groups in total. The first-order valence-electron chi connectivity index (χ1n) is 11.3. The van der Waals surface area contributed by atoms with E-state index < -0.39 is 23.0 Å². The second-order valence-corrected chi connectivity index (χ2v) is 9.63. The summed E-state index contributed by atoms with van der Waals surface area (Å²) in [7, 11) is 0. The summed E-state index contributed by atoms with van der Waals surface area (Å²) in [4.78, 5) is 47.5. The SMILES string of the molecule is C=C1CC(=O)N(CC(=O)Nc2ccc(C)cc2)C(=O)S1.CCc1ccc(-c2ccc(C(=O)O)c(Cl)c2)o1. The molecule has 3 amide bonds. The quantitative estimate of drug-likeness (QED) is 0.372. The minimum atomic E-state index is -1.03. The highest BCUT2D eigenvalue weighted by molar-refractivity contribution is 8.17. The number of amides is 3. The molecular formula is C27H25ClN2O6S. The van der Waals surface area contributed by atoms with Crippen LogP contribution in [-0.2, 0) is 16.0 Å². The van der Waals surface area contributed by atoms with Crippen LogP contribution in [0.3, 0.4) is 0 Å². The monoisotopic (exact) mass is 540 g/mol. The van der Waals surface area contributed by atoms with Gasteiger partial charge < -0.3 is 14.8 Å². The lowest BCUT2D eigenvalue weighted by atomic mass is 10.1. The van der Waals surface area contributed by atoms with E-state index in [2.05, 4.69) is 11.9 Å². The number of carbonyl (C=O) groups excluding carboxylic acids is 3. The van der Waals surface area contributed by atoms with Crippen LogP contribution in [0.4, 0.5) is 10.5 Å². The van der Waals surface area contributed by atoms with E-state index in [1.165, 1.54) is 6.07 Å². The zero-order chi connectivity index (χ0) is 27.1. The highest BCUT2D eigenvalue weighted by Crippen LogP contribution is 2.28. The maximum absolute atomic E-state index is 11.8. The smallest absolute Gasteiger partial charge is 0.337 e. The van der Waals surface area contributed by atoms with Gasteiger partial charge in [0, 0.05) is 17.7 Å². The number of rotatable bonds is 6. The van der Waals surface area contributed by atoms with Crippen LogP contribution in [-0.4, -0.2) is 39.6 Å². The fourth-order valence-electron chi connectivity index (χ4n) is 3.28. The van der Waals surface area contributed by atoms with E-state index in [4.69, 9.17) is 21.1 Å². The van der Waals surface area contributed by atoms with Crippen LogP contribution in [0.2, 0.25) is 5.02 Å². The lowest BCUT2D eigenvalue weighted by Gasteiger charge is -2.24. The molecule has 1 aliphatic heterocycles. The lowest BCUT2D eigenvalue weighted by molar-refractivity contribution is -0.130. The van der Waals surface area contributed by atoms with Gasteiger partial charge in [-0.2, -0.15) is 0 Å². The molecule has 2 aromatic carbocycles. The molecule has 8 nitrogen and oxygen atoms in total. The summed E-state index contributed by atoms with van der Waals surface area (Å²) in [5, 5.41) is 11.3. The van der Waals surface area contributed by atoms with Gasteiger partial charge in [0.2, 0.25) is 11.8 Å². The summed E-state index contributed by atoms with van der Waals surface area (Å²) >= 11 is 6.79. The van der Waals surface area contributed by atoms with Gasteiger partial charge in [-0.3, -0.25) is 19.3 Å². The Morgan fingerprint density at radius 1 is 1.14 bits per heavy atom. The summed E-state index contributed by atoms with van der Waals surface area (Å²) in [5.74, 6) is -0.240. The van der Waals surface area contributed by atoms with Crippen molar-refractivity contribution < 1.29 is 28.7 Å². The molecular weight excluding hydrogens is 516 g/mol. The first-order valence-corrected chi connectivity index (χ1v) is 12.4. The number of carboxylic acid groups (broad SMARTS) is 1. The van der Waals surface area contributed by atoms with Crippen molar-refractivity contribution in [3.8, 4) is 11.3 Å². The summed E-state index contributed by atoms with van der Waals surface area (Å²) in [6, 6.07) is 15.8. The first-order chi connectivity index (χ1) is 17.6. The molecule has 0 aliphatic carbocycles. The number of imide groups is 1. The van der Waals surface area contributed by atoms with E-state index in [0.717, 1.165) is 40.0 Å². The molecule has 192 valence electrons. The molecule has 1 saturated heterocycles. The number of thioether (sulfide) groups is 1. The molecule has 0 unspecified atom stereocenters. The minimum absolute atomic E-state index is 0.0915. The van der Waals surface area contributed by atoms with Crippen LogP contribution >= 0.6 is 23.4 Å². The van der Waals surface area contributed by atoms with Gasteiger partial charge in [0.1, 0.15) is 18.1 Å². The number of aryl methyl sites for hydroxylation is 2. The molecule has 4 rings (SSSR count). The van der Waals surface area contributed by atoms with Gasteiger partial charge in [0.25, 0.3) is 5.24 Å². The first kappa shape index (κ1) is 27.8. The Balaban J connectivity index is 0.000000208. The van der Waals surface area contributed by atoms with Gasteiger partial charge in [-0.1, -0.05) is 48.9 Å². The maximum Gasteiger partial charge on any atom is 0.337 e. The fourth-order valence-corrected chi connectivity index (χ4v) is 4.26. The zero-order valence-electron chi connectivity index (χ0n) is 20.2. The molecule has 1 fully saturated rings. The van der Waals surface area contributed by atoms with Gasteiger partial charge in [0.15, 0.2) is 0 Å². The molecule has 0 spiro atoms. The van der Waals surface area contributed by atoms with Crippen LogP contribution in [0.25, 0.3) is 11.3 Å². The van der Waals surface area contributed by atoms with E-state index in [1.807, 2.05) is 38.1 Å². The average Bonchev–Trinajstić information content (AvgIpc) is 3.32. The van der Waals surface area contributed by atoms with Crippen molar-refractivity contribution in [1.82, 2.24) is 4.90 Å². The van der Waals surface area contributed by atoms with E-state index in [1.54, 1.807) is 24.3 Å². The molecule has 0 saturated carbocycles. The Bertz CT molecular complexity index is 1330. The average molecular weight is 541 g/mol. The topological polar surface area (TPSA) is 117 Å². The Labute approximate surface area is 223 Å². The third-order valence-electron chi connectivity index (χ3n) is 5.23. The Morgan fingerprint density at radius 3 is 2.41 bits per heavy atom. The van der Waals surface area contributed by atoms with Crippen molar-refractivity contribution in [2.24, 2.45) is 0 Å². The largest absolute Gasteiger partial charge is 0.478 e. The van der Waals surface area contributed by atoms with Crippen LogP contribution in [0.15, 0.2) is 70.5 Å². The third kappa shape index (κ3) is 7.58. The lowest BCUT2D eigenvalue weighted by Crippen LogP contribution is -2.42. The summed E-state index contributed by atoms with van der Waals surface area (Å²) in [6.45, 7) is 7.27. The number of nitrogens with one attached hydrogen (secondary N) is 1. The minimum Gasteiger partial charge on any atom is -0.478 e. The van der Waals surface area contributed by atoms with E-state index in [9.17, 15) is 19.2 Å². The number of nitrogens with zero attached hydrogens (tertiary/aromatic N) is 1. The molecule has 37 heavy (non-hydrogen) atoms. The number of hydrogen-bond acceptors (Lipinski definition) is 6. The van der Waals surface area contributed by atoms with Crippen LogP contribution < -0.4 is 5.32 Å². The second-order valence-electron chi connectivity index (χ2n) is 8.10. The number of carboxylic acids is 1. The fraction of sp³-hybridized carbons (Fsp3) is 0.185. The van der Waals surface area contributed by atoms with Gasteiger partial charge in [-0.15, -0.1) is 0 Å². The normalized spacial score (nSPS) is 13.2. The van der Waals surface area contributed by atoms with Crippen molar-refractivity contribution >= 4 is 52.1 Å². The number of hydrogen-bond donors (Lipinski definition) is 2. The van der Waals surface area contributed by atoms with Gasteiger partial charge in [-0.25, -0.2) is 4.79 Å². The molecule has 1 aliphatic rings. The van der Waals surface area contributed by atoms with Gasteiger partial charge in [-0.05, 0) is 60.0 Å². The van der Waals surface area contributed by atoms with Crippen LogP contribution in [0, 0.1) is 6.92 Å². The number of halogens is 1. The van der Waals surface area contributed by atoms with Crippen molar-refractivity contribution in [1.29, 1.82) is 0 Å². The molecule has 3 aromatic rings. The van der Waals surface area contributed by atoms with Crippen LogP contribution in [0.5, 0.6) is 0 Å². The predicted octanol–water partition coefficient (Wildman–Crippen LogP) is 6.39. The predicted molar refractivity (Wildman–Crippen MR) is 144 cm³/mol. The van der Waals surface area contributed by atoms with Crippen molar-refractivity contribution in [2.75, 3.05) is 11.9 Å². The number of aromatic carboxylic acids is 1. The number of furan rings is 1. The van der Waals surface area contributed by atoms with Gasteiger partial charge >= 0.3 is 5.97 Å². The summed E-state index contributed by atoms with van der Waals surface area (Å²) in [5.41, 5.74) is 2.59. The highest BCUT2D eigenvalue weighted by Gasteiger charge is 2.30. The standard InChI is InChI=1S/C14H14N2O3S.C13H11ClO3/c1-9-3-5-11(6-4-9)15-12(17)8-16-13(18)7-10(2)20-14(16)19;1-2-9-4-6-12(17-9)8-3-5-10(13(15)16)11(14)7-8/h3-6H,2,7-8H2,1H3,(H,15,17);3-7H,2H2,1H3,(H,15,16).